The van der Waals surface area contributed by atoms with Crippen molar-refractivity contribution in [2.75, 3.05) is 27.9 Å². The first kappa shape index (κ1) is 51.0. The third kappa shape index (κ3) is 12.3. The summed E-state index contributed by atoms with van der Waals surface area (Å²) in [6, 6.07) is -1.00. The average Bonchev–Trinajstić information content (AvgIpc) is 3.26. The van der Waals surface area contributed by atoms with Crippen molar-refractivity contribution in [2.24, 2.45) is 41.4 Å². The second-order valence-corrected chi connectivity index (χ2v) is 19.6. The van der Waals surface area contributed by atoms with Crippen LogP contribution < -0.4 is 0 Å². The third-order valence-corrected chi connectivity index (χ3v) is 14.9. The second kappa shape index (κ2) is 22.9. The highest BCUT2D eigenvalue weighted by Gasteiger charge is 2.56. The van der Waals surface area contributed by atoms with E-state index in [1.165, 1.54) is 12.0 Å². The van der Waals surface area contributed by atoms with Crippen LogP contribution in [0.1, 0.15) is 119 Å². The van der Waals surface area contributed by atoms with Crippen molar-refractivity contribution in [3.63, 3.8) is 0 Å². The number of carbonyl (C=O) groups is 4. The molecule has 0 aromatic carbocycles. The van der Waals surface area contributed by atoms with Crippen LogP contribution in [-0.4, -0.2) is 126 Å². The number of amides is 1. The zero-order chi connectivity index (χ0) is 46.2. The van der Waals surface area contributed by atoms with Gasteiger partial charge in [-0.25, -0.2) is 4.79 Å². The SMILES string of the molecule is CO[C@H]1C[C@@H]2CCC(C)[C@@](O)(O2)C(=O)C(=O)N2CCCC3[C@H]2C(=O)O[C@@H](CC[C@H](C)/C=C(\C)[C@@H](O)[C@@H](OC)C(=O)[C@H](C)C[C@H](C)/C=C/C=C/C=C/1C)[C@H]3C[C@H]1CC[C@@H](O)[C@H](OC)C1. The highest BCUT2D eigenvalue weighted by molar-refractivity contribution is 6.39. The molecular weight excluding hydrogens is 807 g/mol. The summed E-state index contributed by atoms with van der Waals surface area (Å²) in [6.07, 6.45) is 14.2. The maximum absolute atomic E-state index is 14.4. The van der Waals surface area contributed by atoms with Crippen LogP contribution in [0.25, 0.3) is 0 Å². The van der Waals surface area contributed by atoms with Crippen LogP contribution in [0.15, 0.2) is 47.6 Å². The Bertz CT molecular complexity index is 1710. The van der Waals surface area contributed by atoms with Crippen LogP contribution in [0.5, 0.6) is 0 Å². The molecule has 5 aliphatic rings. The van der Waals surface area contributed by atoms with Crippen molar-refractivity contribution < 1.29 is 58.2 Å². The molecule has 0 aromatic rings. The Morgan fingerprint density at radius 1 is 0.810 bits per heavy atom. The van der Waals surface area contributed by atoms with Gasteiger partial charge in [0, 0.05) is 52.0 Å². The number of Topliss-reactive ketones (excluding diaryl/α,β-unsaturated/α-hetero) is 2. The average molecular weight is 884 g/mol. The summed E-state index contributed by atoms with van der Waals surface area (Å²) in [5, 5.41) is 34.1. The number of methoxy groups -OCH3 is 3. The van der Waals surface area contributed by atoms with E-state index < -0.39 is 72.0 Å². The maximum Gasteiger partial charge on any atom is 0.329 e. The topological polar surface area (TPSA) is 178 Å². The van der Waals surface area contributed by atoms with Crippen molar-refractivity contribution in [3.8, 4) is 0 Å². The first-order valence-electron chi connectivity index (χ1n) is 23.6. The molecule has 13 heteroatoms. The molecule has 16 atom stereocenters. The number of fused-ring (bicyclic) bond motifs is 3. The predicted octanol–water partition coefficient (Wildman–Crippen LogP) is 6.22. The molecular formula is C50H77NO12. The Kier molecular flexibility index (Phi) is 18.5. The summed E-state index contributed by atoms with van der Waals surface area (Å²) < 4.78 is 29.7. The van der Waals surface area contributed by atoms with Gasteiger partial charge in [0.15, 0.2) is 5.78 Å². The quantitative estimate of drug-likeness (QED) is 0.162. The molecule has 4 fully saturated rings. The molecule has 0 spiro atoms. The van der Waals surface area contributed by atoms with E-state index in [9.17, 15) is 34.5 Å². The van der Waals surface area contributed by atoms with Crippen LogP contribution in [-0.2, 0) is 42.9 Å². The van der Waals surface area contributed by atoms with E-state index in [0.717, 1.165) is 12.0 Å². The van der Waals surface area contributed by atoms with Gasteiger partial charge in [-0.1, -0.05) is 64.2 Å². The monoisotopic (exact) mass is 884 g/mol. The number of aliphatic hydroxyl groups excluding tert-OH is 2. The first-order valence-corrected chi connectivity index (χ1v) is 23.6. The number of esters is 1. The summed E-state index contributed by atoms with van der Waals surface area (Å²) in [5.74, 6) is -6.42. The van der Waals surface area contributed by atoms with Crippen molar-refractivity contribution in [2.45, 2.75) is 173 Å². The standard InChI is InChI=1S/C50H77NO12/c1-29-14-11-10-12-15-31(3)41(59-7)28-36-20-18-34(6)50(58,63-36)47(55)48(56)51-23-13-16-37-38(26-35-19-21-39(52)42(27-35)60-8)40(62-49(57)43(37)51)22-17-30(2)25-33(5)45(54)46(61-9)44(53)32(4)24-29/h10-12,14-15,25,29-30,32,34-43,45-46,52,54,58H,13,16-24,26-28H2,1-9H3/b12-10+,14-11+,31-15+,33-25+/t29-,30+,32-,34?,35-,36+,37?,38+,39-,40+,41+,42-,43+,45-,46+,50-/m1/s1. The van der Waals surface area contributed by atoms with Crippen LogP contribution >= 0.6 is 0 Å². The number of hydrogen-bond donors (Lipinski definition) is 3. The highest BCUT2D eigenvalue weighted by atomic mass is 16.6. The molecule has 1 amide bonds. The molecule has 3 saturated heterocycles. The van der Waals surface area contributed by atoms with Gasteiger partial charge in [0.2, 0.25) is 5.79 Å². The number of aliphatic hydroxyl groups is 3. The fraction of sp³-hybridized carbons (Fsp3) is 0.760. The number of carbonyl (C=O) groups excluding carboxylic acids is 4. The second-order valence-electron chi connectivity index (χ2n) is 19.6. The molecule has 4 aliphatic heterocycles. The van der Waals surface area contributed by atoms with Crippen molar-refractivity contribution in [1.82, 2.24) is 4.90 Å². The van der Waals surface area contributed by atoms with E-state index in [1.54, 1.807) is 28.1 Å². The zero-order valence-corrected chi connectivity index (χ0v) is 39.3. The number of allylic oxidation sites excluding steroid dienone is 6. The van der Waals surface area contributed by atoms with Gasteiger partial charge in [-0.15, -0.1) is 0 Å². The van der Waals surface area contributed by atoms with E-state index in [0.29, 0.717) is 76.2 Å². The first-order chi connectivity index (χ1) is 29.9. The minimum absolute atomic E-state index is 0.0550. The molecule has 1 aliphatic carbocycles. The molecule has 4 heterocycles. The van der Waals surface area contributed by atoms with Crippen LogP contribution in [0.3, 0.4) is 0 Å². The summed E-state index contributed by atoms with van der Waals surface area (Å²) >= 11 is 0. The van der Waals surface area contributed by atoms with Gasteiger partial charge in [-0.05, 0) is 119 Å². The van der Waals surface area contributed by atoms with Crippen molar-refractivity contribution >= 4 is 23.4 Å². The molecule has 63 heavy (non-hydrogen) atoms. The van der Waals surface area contributed by atoms with E-state index in [-0.39, 0.29) is 53.9 Å². The summed E-state index contributed by atoms with van der Waals surface area (Å²) in [4.78, 5) is 58.0. The molecule has 0 aromatic heterocycles. The Morgan fingerprint density at radius 2 is 1.56 bits per heavy atom. The highest BCUT2D eigenvalue weighted by Crippen LogP contribution is 2.45. The van der Waals surface area contributed by atoms with Crippen LogP contribution in [0.4, 0.5) is 0 Å². The molecule has 5 rings (SSSR count). The number of nitrogens with zero attached hydrogens (tertiary/aromatic N) is 1. The molecule has 6 bridgehead atoms. The Morgan fingerprint density at radius 3 is 2.25 bits per heavy atom. The van der Waals surface area contributed by atoms with Crippen molar-refractivity contribution in [3.05, 3.63) is 47.6 Å². The lowest BCUT2D eigenvalue weighted by molar-refractivity contribution is -0.266. The minimum atomic E-state index is -2.38. The Labute approximate surface area is 375 Å². The number of ether oxygens (including phenoxy) is 5. The van der Waals surface area contributed by atoms with Crippen LogP contribution in [0, 0.1) is 41.4 Å². The molecule has 3 N–H and O–H groups in total. The van der Waals surface area contributed by atoms with Gasteiger partial charge >= 0.3 is 5.97 Å². The fourth-order valence-corrected chi connectivity index (χ4v) is 11.1. The van der Waals surface area contributed by atoms with Crippen LogP contribution in [0.2, 0.25) is 0 Å². The number of rotatable bonds is 5. The predicted molar refractivity (Wildman–Crippen MR) is 238 cm³/mol. The lowest BCUT2D eigenvalue weighted by atomic mass is 9.68. The maximum atomic E-state index is 14.4. The van der Waals surface area contributed by atoms with E-state index in [4.69, 9.17) is 23.7 Å². The van der Waals surface area contributed by atoms with E-state index in [2.05, 4.69) is 0 Å². The molecule has 13 nitrogen and oxygen atoms in total. The minimum Gasteiger partial charge on any atom is -0.461 e. The lowest BCUT2D eigenvalue weighted by Gasteiger charge is -2.50. The zero-order valence-electron chi connectivity index (χ0n) is 39.3. The Balaban J connectivity index is 1.48. The summed E-state index contributed by atoms with van der Waals surface area (Å²) in [7, 11) is 4.65. The summed E-state index contributed by atoms with van der Waals surface area (Å²) in [5.41, 5.74) is 1.52. The fourth-order valence-electron chi connectivity index (χ4n) is 11.1. The van der Waals surface area contributed by atoms with E-state index >= 15 is 0 Å². The van der Waals surface area contributed by atoms with Gasteiger partial charge in [0.05, 0.1) is 24.4 Å². The third-order valence-electron chi connectivity index (χ3n) is 14.9. The molecule has 0 radical (unpaired) electrons. The molecule has 354 valence electrons. The Hall–Kier alpha value is -3.04. The normalized spacial score (nSPS) is 43.6. The van der Waals surface area contributed by atoms with Crippen molar-refractivity contribution in [1.29, 1.82) is 0 Å². The number of ketones is 2. The van der Waals surface area contributed by atoms with Gasteiger partial charge < -0.3 is 43.9 Å². The molecule has 1 saturated carbocycles. The van der Waals surface area contributed by atoms with E-state index in [1.807, 2.05) is 64.2 Å². The summed E-state index contributed by atoms with van der Waals surface area (Å²) in [6.45, 7) is 11.6. The lowest BCUT2D eigenvalue weighted by Crippen LogP contribution is -2.65. The van der Waals surface area contributed by atoms with Gasteiger partial charge in [-0.2, -0.15) is 0 Å². The van der Waals surface area contributed by atoms with Gasteiger partial charge in [0.25, 0.3) is 11.7 Å². The number of piperidine rings is 1. The largest absolute Gasteiger partial charge is 0.461 e. The van der Waals surface area contributed by atoms with Gasteiger partial charge in [-0.3, -0.25) is 14.4 Å². The number of hydrogen-bond acceptors (Lipinski definition) is 12. The smallest absolute Gasteiger partial charge is 0.329 e. The molecule has 2 unspecified atom stereocenters. The van der Waals surface area contributed by atoms with Gasteiger partial charge in [0.1, 0.15) is 24.4 Å².